The smallest absolute Gasteiger partial charge is 0.437 e. The highest BCUT2D eigenvalue weighted by Crippen LogP contribution is 2.32. The van der Waals surface area contributed by atoms with Crippen LogP contribution >= 0.6 is 0 Å². The van der Waals surface area contributed by atoms with Crippen LogP contribution in [-0.4, -0.2) is 33.2 Å². The Kier molecular flexibility index (Phi) is 5.59. The topological polar surface area (TPSA) is 95.2 Å². The van der Waals surface area contributed by atoms with Crippen molar-refractivity contribution in [2.75, 3.05) is 12.9 Å². The average molecular weight is 393 g/mol. The molecule has 26 heavy (non-hydrogen) atoms. The minimum absolute atomic E-state index is 0.000789. The number of hydrogen-bond donors (Lipinski definition) is 0. The van der Waals surface area contributed by atoms with E-state index in [0.717, 1.165) is 7.11 Å². The van der Waals surface area contributed by atoms with E-state index in [1.807, 2.05) is 0 Å². The first-order valence-electron chi connectivity index (χ1n) is 7.27. The summed E-state index contributed by atoms with van der Waals surface area (Å²) in [4.78, 5) is 12.1. The van der Waals surface area contributed by atoms with E-state index >= 15 is 0 Å². The molecule has 0 aliphatic heterocycles. The Morgan fingerprint density at radius 1 is 1.27 bits per heavy atom. The van der Waals surface area contributed by atoms with Crippen LogP contribution in [0.1, 0.15) is 18.9 Å². The fraction of sp³-hybridized carbons (Fsp3) is 0.333. The average Bonchev–Trinajstić information content (AvgIpc) is 2.53. The predicted molar refractivity (Wildman–Crippen MR) is 86.8 cm³/mol. The number of benzene rings is 1. The quantitative estimate of drug-likeness (QED) is 0.426. The van der Waals surface area contributed by atoms with Crippen LogP contribution in [0.4, 0.5) is 13.2 Å². The fourth-order valence-corrected chi connectivity index (χ4v) is 2.92. The summed E-state index contributed by atoms with van der Waals surface area (Å²) in [6.07, 6.45) is -5.09. The van der Waals surface area contributed by atoms with E-state index in [-0.39, 0.29) is 17.4 Å². The van der Waals surface area contributed by atoms with Crippen molar-refractivity contribution in [3.63, 3.8) is 0 Å². The van der Waals surface area contributed by atoms with Crippen molar-refractivity contribution in [3.05, 3.63) is 40.2 Å². The zero-order valence-electron chi connectivity index (χ0n) is 13.7. The van der Waals surface area contributed by atoms with Crippen LogP contribution < -0.4 is 10.4 Å². The maximum atomic E-state index is 13.4. The monoisotopic (exact) mass is 393 g/mol. The number of halogens is 3. The van der Waals surface area contributed by atoms with Crippen LogP contribution in [0.15, 0.2) is 38.6 Å². The lowest BCUT2D eigenvalue weighted by atomic mass is 10.1. The number of hydrogen-bond acceptors (Lipinski definition) is 7. The molecule has 142 valence electrons. The lowest BCUT2D eigenvalue weighted by molar-refractivity contribution is -0.0599. The maximum absolute atomic E-state index is 13.4. The standard InChI is InChI=1S/C15H14F3NO6S/c1-3-8-26(21,22)25-19-13(15(16,17)18)11-12(23-2)9-6-4-5-7-10(9)24-14(11)20/h4-7H,3,8H2,1-2H3/b19-13-. The molecule has 2 aromatic rings. The van der Waals surface area contributed by atoms with Crippen LogP contribution in [0.3, 0.4) is 0 Å². The molecule has 0 bridgehead atoms. The molecule has 0 aliphatic rings. The summed E-state index contributed by atoms with van der Waals surface area (Å²) in [6.45, 7) is 1.50. The Labute approximate surface area is 146 Å². The van der Waals surface area contributed by atoms with E-state index in [4.69, 9.17) is 9.15 Å². The van der Waals surface area contributed by atoms with Crippen LogP contribution in [0.5, 0.6) is 5.75 Å². The minimum Gasteiger partial charge on any atom is -0.495 e. The van der Waals surface area contributed by atoms with E-state index < -0.39 is 44.7 Å². The maximum Gasteiger partial charge on any atom is 0.437 e. The SMILES string of the molecule is CCCS(=O)(=O)O/N=C(/c1c(OC)c2ccccc2oc1=O)C(F)(F)F. The Morgan fingerprint density at radius 2 is 1.92 bits per heavy atom. The van der Waals surface area contributed by atoms with Crippen molar-refractivity contribution in [1.29, 1.82) is 0 Å². The summed E-state index contributed by atoms with van der Waals surface area (Å²) in [5, 5.41) is 2.78. The van der Waals surface area contributed by atoms with Crippen molar-refractivity contribution in [2.24, 2.45) is 5.16 Å². The number of para-hydroxylation sites is 1. The van der Waals surface area contributed by atoms with E-state index in [1.165, 1.54) is 31.2 Å². The lowest BCUT2D eigenvalue weighted by Gasteiger charge is -2.13. The number of ether oxygens (including phenoxy) is 1. The van der Waals surface area contributed by atoms with Crippen molar-refractivity contribution >= 4 is 26.8 Å². The second-order valence-electron chi connectivity index (χ2n) is 5.07. The molecule has 1 aromatic carbocycles. The van der Waals surface area contributed by atoms with Crippen LogP contribution in [0.25, 0.3) is 11.0 Å². The first kappa shape index (κ1) is 19.8. The molecule has 0 atom stereocenters. The van der Waals surface area contributed by atoms with Gasteiger partial charge in [-0.1, -0.05) is 24.2 Å². The number of rotatable bonds is 6. The molecule has 0 unspecified atom stereocenters. The van der Waals surface area contributed by atoms with Crippen molar-refractivity contribution < 1.29 is 35.0 Å². The summed E-state index contributed by atoms with van der Waals surface area (Å²) in [5.41, 5.74) is -4.34. The van der Waals surface area contributed by atoms with Gasteiger partial charge in [-0.2, -0.15) is 21.6 Å². The Morgan fingerprint density at radius 3 is 2.50 bits per heavy atom. The van der Waals surface area contributed by atoms with Gasteiger partial charge in [0.15, 0.2) is 0 Å². The van der Waals surface area contributed by atoms with Gasteiger partial charge in [0, 0.05) is 0 Å². The van der Waals surface area contributed by atoms with Gasteiger partial charge < -0.3 is 9.15 Å². The second-order valence-corrected chi connectivity index (χ2v) is 6.74. The third-order valence-corrected chi connectivity index (χ3v) is 4.38. The number of alkyl halides is 3. The highest BCUT2D eigenvalue weighted by atomic mass is 32.2. The third-order valence-electron chi connectivity index (χ3n) is 3.17. The molecule has 1 heterocycles. The van der Waals surface area contributed by atoms with Crippen molar-refractivity contribution in [3.8, 4) is 5.75 Å². The summed E-state index contributed by atoms with van der Waals surface area (Å²) in [5.74, 6) is -0.991. The number of oxime groups is 1. The first-order chi connectivity index (χ1) is 12.1. The van der Waals surface area contributed by atoms with E-state index in [2.05, 4.69) is 9.44 Å². The third kappa shape index (κ3) is 4.15. The van der Waals surface area contributed by atoms with Crippen LogP contribution in [0, 0.1) is 0 Å². The molecule has 0 radical (unpaired) electrons. The Balaban J connectivity index is 2.74. The number of nitrogens with zero attached hydrogens (tertiary/aromatic N) is 1. The van der Waals surface area contributed by atoms with Crippen molar-refractivity contribution in [2.45, 2.75) is 19.5 Å². The second kappa shape index (κ2) is 7.36. The summed E-state index contributed by atoms with van der Waals surface area (Å²) < 4.78 is 77.2. The van der Waals surface area contributed by atoms with Gasteiger partial charge in [-0.05, 0) is 18.6 Å². The molecule has 0 amide bonds. The molecular formula is C15H14F3NO6S. The fourth-order valence-electron chi connectivity index (χ4n) is 2.16. The number of methoxy groups -OCH3 is 1. The zero-order valence-corrected chi connectivity index (χ0v) is 14.5. The lowest BCUT2D eigenvalue weighted by Crippen LogP contribution is -2.30. The molecule has 11 heteroatoms. The molecule has 0 N–H and O–H groups in total. The molecule has 0 saturated carbocycles. The van der Waals surface area contributed by atoms with Gasteiger partial charge in [-0.25, -0.2) is 4.79 Å². The van der Waals surface area contributed by atoms with Crippen LogP contribution in [-0.2, 0) is 14.4 Å². The van der Waals surface area contributed by atoms with E-state index in [9.17, 15) is 26.4 Å². The molecule has 0 saturated heterocycles. The Hall–Kier alpha value is -2.56. The van der Waals surface area contributed by atoms with Gasteiger partial charge in [0.05, 0.1) is 18.2 Å². The summed E-state index contributed by atoms with van der Waals surface area (Å²) in [6, 6.07) is 5.77. The van der Waals surface area contributed by atoms with Gasteiger partial charge in [0.25, 0.3) is 0 Å². The normalized spacial score (nSPS) is 13.0. The molecule has 0 aliphatic carbocycles. The van der Waals surface area contributed by atoms with Gasteiger partial charge in [-0.15, -0.1) is 0 Å². The zero-order chi connectivity index (χ0) is 19.5. The highest BCUT2D eigenvalue weighted by Gasteiger charge is 2.42. The van der Waals surface area contributed by atoms with Gasteiger partial charge in [-0.3, -0.25) is 4.28 Å². The molecule has 0 spiro atoms. The van der Waals surface area contributed by atoms with Crippen LogP contribution in [0.2, 0.25) is 0 Å². The summed E-state index contributed by atoms with van der Waals surface area (Å²) in [7, 11) is -3.27. The summed E-state index contributed by atoms with van der Waals surface area (Å²) >= 11 is 0. The largest absolute Gasteiger partial charge is 0.495 e. The number of fused-ring (bicyclic) bond motifs is 1. The molecule has 1 aromatic heterocycles. The van der Waals surface area contributed by atoms with Gasteiger partial charge >= 0.3 is 21.9 Å². The van der Waals surface area contributed by atoms with E-state index in [0.29, 0.717) is 0 Å². The highest BCUT2D eigenvalue weighted by molar-refractivity contribution is 7.86. The van der Waals surface area contributed by atoms with Gasteiger partial charge in [0.1, 0.15) is 16.9 Å². The van der Waals surface area contributed by atoms with Crippen molar-refractivity contribution in [1.82, 2.24) is 0 Å². The minimum atomic E-state index is -5.20. The molecule has 7 nitrogen and oxygen atoms in total. The molecule has 0 fully saturated rings. The Bertz CT molecular complexity index is 995. The first-order valence-corrected chi connectivity index (χ1v) is 8.85. The molecule has 2 rings (SSSR count). The van der Waals surface area contributed by atoms with E-state index in [1.54, 1.807) is 0 Å². The van der Waals surface area contributed by atoms with Gasteiger partial charge in [0.2, 0.25) is 5.71 Å². The predicted octanol–water partition coefficient (Wildman–Crippen LogP) is 2.82. The molecular weight excluding hydrogens is 379 g/mol.